The second kappa shape index (κ2) is 11.6. The lowest BCUT2D eigenvalue weighted by atomic mass is 9.81. The quantitative estimate of drug-likeness (QED) is 0.283. The molecule has 5 aromatic rings. The summed E-state index contributed by atoms with van der Waals surface area (Å²) < 4.78 is 18.3. The second-order valence-electron chi connectivity index (χ2n) is 8.03. The summed E-state index contributed by atoms with van der Waals surface area (Å²) in [6, 6.07) is 23.6. The van der Waals surface area contributed by atoms with E-state index in [0.717, 1.165) is 5.69 Å². The van der Waals surface area contributed by atoms with Crippen LogP contribution in [0.25, 0.3) is 0 Å². The molecule has 37 heavy (non-hydrogen) atoms. The zero-order chi connectivity index (χ0) is 26.3. The van der Waals surface area contributed by atoms with Crippen LogP contribution in [-0.4, -0.2) is 21.0 Å². The molecule has 0 radical (unpaired) electrons. The van der Waals surface area contributed by atoms with Gasteiger partial charge in [-0.1, -0.05) is 60.1 Å². The summed E-state index contributed by atoms with van der Waals surface area (Å²) in [7, 11) is 0. The number of amides is 1. The average Bonchev–Trinajstić information content (AvgIpc) is 3.36. The van der Waals surface area contributed by atoms with Crippen LogP contribution in [-0.2, 0) is 5.60 Å². The maximum absolute atomic E-state index is 13.2. The number of hydrogen-bond acceptors (Lipinski definition) is 5. The summed E-state index contributed by atoms with van der Waals surface area (Å²) in [4.78, 5) is 19.6. The summed E-state index contributed by atoms with van der Waals surface area (Å²) in [6.45, 7) is 1.76. The summed E-state index contributed by atoms with van der Waals surface area (Å²) in [5.74, 6) is 0.102. The molecule has 6 nitrogen and oxygen atoms in total. The second-order valence-corrected chi connectivity index (χ2v) is 8.44. The number of aliphatic hydroxyl groups is 1. The fourth-order valence-electron chi connectivity index (χ4n) is 3.75. The highest BCUT2D eigenvalue weighted by Gasteiger charge is 2.36. The molecule has 0 aliphatic heterocycles. The molecule has 2 heterocycles. The molecule has 3 aromatic carbocycles. The van der Waals surface area contributed by atoms with Gasteiger partial charge in [0.15, 0.2) is 0 Å². The number of carbonyl (C=O) groups is 1. The highest BCUT2D eigenvalue weighted by molar-refractivity contribution is 6.31. The largest absolute Gasteiger partial charge is 0.469 e. The molecule has 0 aliphatic carbocycles. The molecule has 1 unspecified atom stereocenters. The zero-order valence-electron chi connectivity index (χ0n) is 19.8. The lowest BCUT2D eigenvalue weighted by molar-refractivity contribution is 0.102. The van der Waals surface area contributed by atoms with Crippen molar-refractivity contribution >= 4 is 23.2 Å². The number of hydrogen-bond donors (Lipinski definition) is 2. The minimum Gasteiger partial charge on any atom is -0.469 e. The first-order valence-corrected chi connectivity index (χ1v) is 11.7. The van der Waals surface area contributed by atoms with Gasteiger partial charge in [0, 0.05) is 34.2 Å². The van der Waals surface area contributed by atoms with Crippen LogP contribution in [0.15, 0.2) is 114 Å². The van der Waals surface area contributed by atoms with Gasteiger partial charge in [-0.15, -0.1) is 0 Å². The Morgan fingerprint density at radius 1 is 0.919 bits per heavy atom. The first-order valence-electron chi connectivity index (χ1n) is 11.3. The minimum absolute atomic E-state index is 0.146. The third kappa shape index (κ3) is 5.91. The Balaban J connectivity index is 0.000000186. The number of anilines is 1. The molecule has 2 aromatic heterocycles. The molecule has 0 aliphatic rings. The van der Waals surface area contributed by atoms with E-state index in [1.165, 1.54) is 49.2 Å². The molecular formula is C29H23ClFN3O3. The minimum atomic E-state index is -1.56. The topological polar surface area (TPSA) is 88.2 Å². The summed E-state index contributed by atoms with van der Waals surface area (Å²) in [6.07, 6.45) is 5.91. The van der Waals surface area contributed by atoms with E-state index in [0.29, 0.717) is 33.0 Å². The number of furan rings is 1. The number of benzene rings is 3. The Bertz CT molecular complexity index is 1460. The molecule has 2 N–H and O–H groups in total. The Morgan fingerprint density at radius 3 is 2.19 bits per heavy atom. The standard InChI is InChI=1S/C17H12ClFN2O.C12H11NO2/c18-16-4-2-1-3-15(16)17(22,13-9-20-11-21-10-13)12-5-7-14(19)8-6-12;1-9-11(7-8-15-9)12(14)13-10-5-3-2-4-6-10/h1-11,22H;2-8H,1H3,(H,13,14). The monoisotopic (exact) mass is 515 g/mol. The molecule has 1 amide bonds. The molecular weight excluding hydrogens is 493 g/mol. The lowest BCUT2D eigenvalue weighted by Crippen LogP contribution is -2.29. The van der Waals surface area contributed by atoms with Gasteiger partial charge < -0.3 is 14.8 Å². The van der Waals surface area contributed by atoms with Crippen LogP contribution < -0.4 is 5.32 Å². The van der Waals surface area contributed by atoms with Crippen molar-refractivity contribution in [3.8, 4) is 0 Å². The first-order chi connectivity index (χ1) is 17.9. The first kappa shape index (κ1) is 25.8. The van der Waals surface area contributed by atoms with E-state index in [9.17, 15) is 14.3 Å². The van der Waals surface area contributed by atoms with Crippen LogP contribution in [0.2, 0.25) is 5.02 Å². The van der Waals surface area contributed by atoms with E-state index in [1.807, 2.05) is 30.3 Å². The molecule has 0 fully saturated rings. The van der Waals surface area contributed by atoms with Crippen LogP contribution >= 0.6 is 11.6 Å². The Hall–Kier alpha value is -4.33. The van der Waals surface area contributed by atoms with Crippen LogP contribution in [0.5, 0.6) is 0 Å². The summed E-state index contributed by atoms with van der Waals surface area (Å²) >= 11 is 6.26. The van der Waals surface area contributed by atoms with E-state index in [-0.39, 0.29) is 11.7 Å². The highest BCUT2D eigenvalue weighted by Crippen LogP contribution is 2.39. The smallest absolute Gasteiger partial charge is 0.259 e. The maximum atomic E-state index is 13.2. The number of carbonyl (C=O) groups excluding carboxylic acids is 1. The number of nitrogens with zero attached hydrogens (tertiary/aromatic N) is 2. The van der Waals surface area contributed by atoms with Crippen molar-refractivity contribution in [2.24, 2.45) is 0 Å². The molecule has 0 spiro atoms. The van der Waals surface area contributed by atoms with E-state index in [1.54, 1.807) is 37.3 Å². The van der Waals surface area contributed by atoms with Crippen molar-refractivity contribution in [3.63, 3.8) is 0 Å². The number of nitrogens with one attached hydrogen (secondary N) is 1. The molecule has 5 rings (SSSR count). The van der Waals surface area contributed by atoms with E-state index in [4.69, 9.17) is 16.0 Å². The number of aromatic nitrogens is 2. The molecule has 8 heteroatoms. The third-order valence-corrected chi connectivity index (χ3v) is 5.97. The molecule has 0 saturated carbocycles. The summed E-state index contributed by atoms with van der Waals surface area (Å²) in [5, 5.41) is 14.6. The van der Waals surface area contributed by atoms with Gasteiger partial charge in [0.05, 0.1) is 11.8 Å². The van der Waals surface area contributed by atoms with Crippen molar-refractivity contribution in [1.82, 2.24) is 9.97 Å². The highest BCUT2D eigenvalue weighted by atomic mass is 35.5. The number of para-hydroxylation sites is 1. The SMILES string of the molecule is Cc1occc1C(=O)Nc1ccccc1.OC(c1ccc(F)cc1)(c1cncnc1)c1ccccc1Cl. The van der Waals surface area contributed by atoms with Gasteiger partial charge in [-0.05, 0) is 48.9 Å². The Morgan fingerprint density at radius 2 is 1.57 bits per heavy atom. The Labute approximate surface area is 218 Å². The molecule has 0 saturated heterocycles. The molecule has 1 atom stereocenters. The third-order valence-electron chi connectivity index (χ3n) is 5.64. The van der Waals surface area contributed by atoms with Crippen LogP contribution in [0, 0.1) is 12.7 Å². The predicted octanol–water partition coefficient (Wildman–Crippen LogP) is 6.39. The molecule has 186 valence electrons. The number of halogens is 2. The van der Waals surface area contributed by atoms with Gasteiger partial charge in [0.2, 0.25) is 0 Å². The van der Waals surface area contributed by atoms with Crippen LogP contribution in [0.3, 0.4) is 0 Å². The van der Waals surface area contributed by atoms with Crippen molar-refractivity contribution in [3.05, 3.63) is 149 Å². The van der Waals surface area contributed by atoms with E-state index in [2.05, 4.69) is 15.3 Å². The normalized spacial score (nSPS) is 12.1. The van der Waals surface area contributed by atoms with Crippen LogP contribution in [0.1, 0.15) is 32.8 Å². The van der Waals surface area contributed by atoms with Crippen molar-refractivity contribution < 1.29 is 18.7 Å². The molecule has 0 bridgehead atoms. The number of aryl methyl sites for hydroxylation is 1. The predicted molar refractivity (Wildman–Crippen MR) is 140 cm³/mol. The average molecular weight is 516 g/mol. The zero-order valence-corrected chi connectivity index (χ0v) is 20.6. The van der Waals surface area contributed by atoms with Crippen molar-refractivity contribution in [1.29, 1.82) is 0 Å². The van der Waals surface area contributed by atoms with Gasteiger partial charge in [-0.2, -0.15) is 0 Å². The van der Waals surface area contributed by atoms with E-state index < -0.39 is 5.60 Å². The van der Waals surface area contributed by atoms with Gasteiger partial charge in [0.1, 0.15) is 23.5 Å². The maximum Gasteiger partial charge on any atom is 0.259 e. The fourth-order valence-corrected chi connectivity index (χ4v) is 4.02. The van der Waals surface area contributed by atoms with Crippen LogP contribution in [0.4, 0.5) is 10.1 Å². The van der Waals surface area contributed by atoms with Gasteiger partial charge in [-0.25, -0.2) is 14.4 Å². The Kier molecular flexibility index (Phi) is 8.08. The van der Waals surface area contributed by atoms with Gasteiger partial charge >= 0.3 is 0 Å². The summed E-state index contributed by atoms with van der Waals surface area (Å²) in [5.41, 5.74) is 1.21. The van der Waals surface area contributed by atoms with Gasteiger partial charge in [0.25, 0.3) is 5.91 Å². The van der Waals surface area contributed by atoms with Crippen molar-refractivity contribution in [2.45, 2.75) is 12.5 Å². The lowest BCUT2D eigenvalue weighted by Gasteiger charge is -2.30. The fraction of sp³-hybridized carbons (Fsp3) is 0.0690. The number of rotatable bonds is 5. The van der Waals surface area contributed by atoms with Crippen molar-refractivity contribution in [2.75, 3.05) is 5.32 Å². The van der Waals surface area contributed by atoms with Gasteiger partial charge in [-0.3, -0.25) is 4.79 Å². The van der Waals surface area contributed by atoms with E-state index >= 15 is 0 Å².